The second-order valence-corrected chi connectivity index (χ2v) is 6.21. The van der Waals surface area contributed by atoms with Crippen molar-refractivity contribution >= 4 is 49.1 Å². The standard InChI is InChI=1S/C22H14O2/c1-13(23)24-18-9-7-16-11-17-6-5-14-3-2-4-15-8-10-19(20(16)12-18)22(17)21(14)15/h2-12H,1H3. The molecule has 0 heterocycles. The first-order chi connectivity index (χ1) is 11.7. The lowest BCUT2D eigenvalue weighted by Crippen LogP contribution is -2.01. The average Bonchev–Trinajstić information content (AvgIpc) is 2.59. The van der Waals surface area contributed by atoms with Gasteiger partial charge in [0.05, 0.1) is 0 Å². The van der Waals surface area contributed by atoms with Crippen LogP contribution < -0.4 is 4.74 Å². The third kappa shape index (κ3) is 1.80. The van der Waals surface area contributed by atoms with Gasteiger partial charge in [-0.25, -0.2) is 0 Å². The molecule has 0 saturated heterocycles. The predicted molar refractivity (Wildman–Crippen MR) is 99.0 cm³/mol. The molecule has 0 fully saturated rings. The first-order valence-corrected chi connectivity index (χ1v) is 7.99. The van der Waals surface area contributed by atoms with Crippen molar-refractivity contribution in [3.63, 3.8) is 0 Å². The molecule has 0 bridgehead atoms. The fourth-order valence-electron chi connectivity index (χ4n) is 3.75. The Labute approximate surface area is 138 Å². The van der Waals surface area contributed by atoms with Crippen LogP contribution in [0, 0.1) is 0 Å². The number of hydrogen-bond acceptors (Lipinski definition) is 2. The largest absolute Gasteiger partial charge is 0.427 e. The Morgan fingerprint density at radius 1 is 0.708 bits per heavy atom. The molecule has 0 aromatic heterocycles. The number of carbonyl (C=O) groups excluding carboxylic acids is 1. The maximum Gasteiger partial charge on any atom is 0.308 e. The molecule has 114 valence electrons. The Morgan fingerprint density at radius 2 is 1.42 bits per heavy atom. The zero-order chi connectivity index (χ0) is 16.3. The first kappa shape index (κ1) is 13.3. The molecule has 5 aromatic rings. The maximum absolute atomic E-state index is 11.3. The molecular formula is C22H14O2. The highest BCUT2D eigenvalue weighted by atomic mass is 16.5. The smallest absolute Gasteiger partial charge is 0.308 e. The van der Waals surface area contributed by atoms with E-state index < -0.39 is 0 Å². The normalized spacial score (nSPS) is 11.7. The van der Waals surface area contributed by atoms with E-state index >= 15 is 0 Å². The van der Waals surface area contributed by atoms with E-state index in [1.807, 2.05) is 18.2 Å². The van der Waals surface area contributed by atoms with Crippen LogP contribution in [-0.2, 0) is 4.79 Å². The van der Waals surface area contributed by atoms with Crippen molar-refractivity contribution in [3.8, 4) is 5.75 Å². The van der Waals surface area contributed by atoms with Crippen LogP contribution in [-0.4, -0.2) is 5.97 Å². The predicted octanol–water partition coefficient (Wildman–Crippen LogP) is 5.66. The van der Waals surface area contributed by atoms with Gasteiger partial charge >= 0.3 is 5.97 Å². The van der Waals surface area contributed by atoms with E-state index in [2.05, 4.69) is 48.5 Å². The van der Waals surface area contributed by atoms with Crippen LogP contribution in [0.25, 0.3) is 43.1 Å². The summed E-state index contributed by atoms with van der Waals surface area (Å²) in [5, 5.41) is 9.77. The van der Waals surface area contributed by atoms with E-state index in [-0.39, 0.29) is 5.97 Å². The van der Waals surface area contributed by atoms with Gasteiger partial charge in [-0.2, -0.15) is 0 Å². The van der Waals surface area contributed by atoms with Gasteiger partial charge in [0.2, 0.25) is 0 Å². The molecule has 0 radical (unpaired) electrons. The molecule has 0 atom stereocenters. The van der Waals surface area contributed by atoms with Gasteiger partial charge in [-0.15, -0.1) is 0 Å². The molecule has 0 aliphatic rings. The summed E-state index contributed by atoms with van der Waals surface area (Å²) in [6, 6.07) is 23.1. The van der Waals surface area contributed by atoms with Crippen molar-refractivity contribution < 1.29 is 9.53 Å². The molecular weight excluding hydrogens is 296 g/mol. The number of esters is 1. The molecule has 0 N–H and O–H groups in total. The van der Waals surface area contributed by atoms with Crippen LogP contribution in [0.15, 0.2) is 66.7 Å². The summed E-state index contributed by atoms with van der Waals surface area (Å²) in [6.07, 6.45) is 0. The third-order valence-electron chi connectivity index (χ3n) is 4.70. The topological polar surface area (TPSA) is 26.3 Å². The highest BCUT2D eigenvalue weighted by Crippen LogP contribution is 2.39. The maximum atomic E-state index is 11.3. The Bertz CT molecular complexity index is 1240. The van der Waals surface area contributed by atoms with Crippen LogP contribution in [0.4, 0.5) is 0 Å². The molecule has 0 amide bonds. The van der Waals surface area contributed by atoms with Crippen LogP contribution in [0.1, 0.15) is 6.92 Å². The van der Waals surface area contributed by atoms with Gasteiger partial charge in [-0.05, 0) is 61.3 Å². The summed E-state index contributed by atoms with van der Waals surface area (Å²) in [5.41, 5.74) is 0. The Hall–Kier alpha value is -3.13. The number of ether oxygens (including phenoxy) is 1. The van der Waals surface area contributed by atoms with Gasteiger partial charge in [-0.1, -0.05) is 48.5 Å². The lowest BCUT2D eigenvalue weighted by Gasteiger charge is -2.13. The van der Waals surface area contributed by atoms with Crippen molar-refractivity contribution in [2.24, 2.45) is 0 Å². The van der Waals surface area contributed by atoms with Gasteiger partial charge < -0.3 is 4.74 Å². The molecule has 0 saturated carbocycles. The average molecular weight is 310 g/mol. The highest BCUT2D eigenvalue weighted by molar-refractivity contribution is 6.28. The summed E-state index contributed by atoms with van der Waals surface area (Å²) in [4.78, 5) is 11.3. The van der Waals surface area contributed by atoms with Gasteiger partial charge in [0.25, 0.3) is 0 Å². The number of hydrogen-bond donors (Lipinski definition) is 0. The highest BCUT2D eigenvalue weighted by Gasteiger charge is 2.11. The lowest BCUT2D eigenvalue weighted by molar-refractivity contribution is -0.131. The fourth-order valence-corrected chi connectivity index (χ4v) is 3.75. The Kier molecular flexibility index (Phi) is 2.60. The Balaban J connectivity index is 1.98. The zero-order valence-electron chi connectivity index (χ0n) is 13.2. The van der Waals surface area contributed by atoms with Gasteiger partial charge in [0.1, 0.15) is 5.75 Å². The van der Waals surface area contributed by atoms with Crippen molar-refractivity contribution in [1.29, 1.82) is 0 Å². The van der Waals surface area contributed by atoms with Crippen LogP contribution in [0.2, 0.25) is 0 Å². The van der Waals surface area contributed by atoms with Crippen molar-refractivity contribution in [2.75, 3.05) is 0 Å². The Morgan fingerprint density at radius 3 is 2.21 bits per heavy atom. The molecule has 0 spiro atoms. The molecule has 0 aliphatic carbocycles. The van der Waals surface area contributed by atoms with E-state index in [0.29, 0.717) is 5.75 Å². The number of carbonyl (C=O) groups is 1. The molecule has 0 aliphatic heterocycles. The van der Waals surface area contributed by atoms with Gasteiger partial charge in [0.15, 0.2) is 0 Å². The van der Waals surface area contributed by atoms with Crippen LogP contribution >= 0.6 is 0 Å². The molecule has 24 heavy (non-hydrogen) atoms. The van der Waals surface area contributed by atoms with Crippen molar-refractivity contribution in [1.82, 2.24) is 0 Å². The summed E-state index contributed by atoms with van der Waals surface area (Å²) >= 11 is 0. The van der Waals surface area contributed by atoms with Crippen molar-refractivity contribution in [2.45, 2.75) is 6.92 Å². The van der Waals surface area contributed by atoms with Crippen LogP contribution in [0.3, 0.4) is 0 Å². The van der Waals surface area contributed by atoms with Gasteiger partial charge in [0, 0.05) is 6.92 Å². The SMILES string of the molecule is CC(=O)Oc1ccc2cc3ccc4cccc5ccc(c2c1)c3c45. The minimum Gasteiger partial charge on any atom is -0.427 e. The number of benzene rings is 5. The lowest BCUT2D eigenvalue weighted by atomic mass is 9.91. The molecule has 2 heteroatoms. The fraction of sp³-hybridized carbons (Fsp3) is 0.0455. The summed E-state index contributed by atoms with van der Waals surface area (Å²) < 4.78 is 5.27. The number of fused-ring (bicyclic) bond motifs is 2. The van der Waals surface area contributed by atoms with Gasteiger partial charge in [-0.3, -0.25) is 4.79 Å². The summed E-state index contributed by atoms with van der Waals surface area (Å²) in [6.45, 7) is 1.42. The molecule has 2 nitrogen and oxygen atoms in total. The summed E-state index contributed by atoms with van der Waals surface area (Å²) in [5.74, 6) is 0.289. The van der Waals surface area contributed by atoms with Crippen molar-refractivity contribution in [3.05, 3.63) is 66.7 Å². The monoisotopic (exact) mass is 310 g/mol. The molecule has 5 aromatic carbocycles. The second kappa shape index (κ2) is 4.68. The molecule has 0 unspecified atom stereocenters. The quantitative estimate of drug-likeness (QED) is 0.173. The van der Waals surface area contributed by atoms with E-state index in [0.717, 1.165) is 10.8 Å². The summed E-state index contributed by atoms with van der Waals surface area (Å²) in [7, 11) is 0. The minimum absolute atomic E-state index is 0.299. The zero-order valence-corrected chi connectivity index (χ0v) is 13.2. The molecule has 5 rings (SSSR count). The third-order valence-corrected chi connectivity index (χ3v) is 4.70. The van der Waals surface area contributed by atoms with Crippen LogP contribution in [0.5, 0.6) is 5.75 Å². The minimum atomic E-state index is -0.299. The first-order valence-electron chi connectivity index (χ1n) is 7.99. The van der Waals surface area contributed by atoms with E-state index in [1.165, 1.54) is 39.2 Å². The second-order valence-electron chi connectivity index (χ2n) is 6.21. The van der Waals surface area contributed by atoms with E-state index in [1.54, 1.807) is 0 Å². The number of rotatable bonds is 1. The van der Waals surface area contributed by atoms with E-state index in [9.17, 15) is 4.79 Å². The van der Waals surface area contributed by atoms with E-state index in [4.69, 9.17) is 4.74 Å².